The maximum atomic E-state index is 13.2. The predicted molar refractivity (Wildman–Crippen MR) is 139 cm³/mol. The molecule has 0 unspecified atom stereocenters. The van der Waals surface area contributed by atoms with Crippen molar-refractivity contribution in [3.63, 3.8) is 0 Å². The molecule has 37 heavy (non-hydrogen) atoms. The minimum Gasteiger partial charge on any atom is -0.503 e. The van der Waals surface area contributed by atoms with E-state index < -0.39 is 29.9 Å². The minimum atomic E-state index is -0.644. The van der Waals surface area contributed by atoms with Crippen LogP contribution in [0.3, 0.4) is 0 Å². The summed E-state index contributed by atoms with van der Waals surface area (Å²) >= 11 is 0. The molecule has 8 heteroatoms. The number of hydrogen-bond donors (Lipinski definition) is 1. The third kappa shape index (κ3) is 8.18. The summed E-state index contributed by atoms with van der Waals surface area (Å²) in [4.78, 5) is 30.2. The van der Waals surface area contributed by atoms with Crippen LogP contribution in [-0.2, 0) is 14.3 Å². The van der Waals surface area contributed by atoms with Crippen LogP contribution in [0.4, 0.5) is 0 Å². The van der Waals surface area contributed by atoms with E-state index in [1.54, 1.807) is 0 Å². The Balaban J connectivity index is 1.74. The molecule has 1 fully saturated rings. The Morgan fingerprint density at radius 2 is 1.89 bits per heavy atom. The van der Waals surface area contributed by atoms with Crippen LogP contribution in [0.25, 0.3) is 0 Å². The third-order valence-electron chi connectivity index (χ3n) is 6.65. The van der Waals surface area contributed by atoms with E-state index in [0.29, 0.717) is 13.0 Å². The number of cyclic esters (lactones) is 1. The number of para-hydroxylation sites is 1. The summed E-state index contributed by atoms with van der Waals surface area (Å²) in [5.74, 6) is -0.938. The molecule has 0 aliphatic carbocycles. The van der Waals surface area contributed by atoms with Gasteiger partial charge in [-0.1, -0.05) is 44.4 Å². The largest absolute Gasteiger partial charge is 0.503 e. The van der Waals surface area contributed by atoms with Crippen LogP contribution in [0, 0.1) is 5.92 Å². The lowest BCUT2D eigenvalue weighted by Gasteiger charge is -2.34. The lowest BCUT2D eigenvalue weighted by molar-refractivity contribution is -0.168. The van der Waals surface area contributed by atoms with E-state index >= 15 is 0 Å². The lowest BCUT2D eigenvalue weighted by Crippen LogP contribution is -2.45. The van der Waals surface area contributed by atoms with Crippen molar-refractivity contribution in [2.75, 3.05) is 13.7 Å². The van der Waals surface area contributed by atoms with Crippen LogP contribution in [0.5, 0.6) is 17.2 Å². The van der Waals surface area contributed by atoms with Gasteiger partial charge in [0, 0.05) is 25.3 Å². The monoisotopic (exact) mass is 513 g/mol. The molecule has 1 aliphatic heterocycles. The number of ketones is 1. The smallest absolute Gasteiger partial charge is 0.309 e. The quantitative estimate of drug-likeness (QED) is 0.238. The number of Topliss-reactive ketones (excluding diaryl/α,β-unsaturated/α-hetero) is 1. The van der Waals surface area contributed by atoms with Gasteiger partial charge in [0.25, 0.3) is 0 Å². The fourth-order valence-corrected chi connectivity index (χ4v) is 4.59. The molecule has 2 heterocycles. The summed E-state index contributed by atoms with van der Waals surface area (Å²) in [5.41, 5.74) is -0.106. The molecule has 1 aliphatic rings. The van der Waals surface area contributed by atoms with E-state index in [-0.39, 0.29) is 29.7 Å². The molecule has 1 N–H and O–H groups in total. The van der Waals surface area contributed by atoms with E-state index in [9.17, 15) is 14.7 Å². The molecule has 0 spiro atoms. The number of nitrogens with zero attached hydrogens (tertiary/aromatic N) is 1. The molecule has 202 valence electrons. The first kappa shape index (κ1) is 28.4. The molecule has 2 aromatic rings. The number of hydrogen-bond acceptors (Lipinski definition) is 8. The van der Waals surface area contributed by atoms with E-state index in [1.165, 1.54) is 19.4 Å². The molecule has 0 saturated carbocycles. The third-order valence-corrected chi connectivity index (χ3v) is 6.65. The second-order valence-electron chi connectivity index (χ2n) is 9.47. The van der Waals surface area contributed by atoms with E-state index in [2.05, 4.69) is 11.9 Å². The van der Waals surface area contributed by atoms with E-state index in [0.717, 1.165) is 44.3 Å². The topological polar surface area (TPSA) is 104 Å². The van der Waals surface area contributed by atoms with Gasteiger partial charge in [-0.2, -0.15) is 0 Å². The predicted octanol–water partition coefficient (Wildman–Crippen LogP) is 5.51. The van der Waals surface area contributed by atoms with Crippen molar-refractivity contribution < 1.29 is 33.6 Å². The van der Waals surface area contributed by atoms with Crippen molar-refractivity contribution in [1.29, 1.82) is 0 Å². The van der Waals surface area contributed by atoms with Gasteiger partial charge in [0.05, 0.1) is 13.0 Å². The average molecular weight is 514 g/mol. The Morgan fingerprint density at radius 1 is 1.14 bits per heavy atom. The number of pyridine rings is 1. The molecule has 1 aromatic carbocycles. The first-order valence-corrected chi connectivity index (χ1v) is 13.2. The van der Waals surface area contributed by atoms with Gasteiger partial charge in [0.1, 0.15) is 24.1 Å². The average Bonchev–Trinajstić information content (AvgIpc) is 2.90. The van der Waals surface area contributed by atoms with Crippen molar-refractivity contribution >= 4 is 11.8 Å². The molecule has 3 rings (SSSR count). The number of ether oxygens (including phenoxy) is 4. The Morgan fingerprint density at radius 3 is 2.62 bits per heavy atom. The van der Waals surface area contributed by atoms with Crippen LogP contribution in [0.1, 0.15) is 75.7 Å². The molecular formula is C29H39NO7. The first-order chi connectivity index (χ1) is 17.9. The minimum absolute atomic E-state index is 0.106. The van der Waals surface area contributed by atoms with Gasteiger partial charge < -0.3 is 24.1 Å². The van der Waals surface area contributed by atoms with Crippen LogP contribution >= 0.6 is 0 Å². The normalized spacial score (nSPS) is 22.6. The first-order valence-electron chi connectivity index (χ1n) is 13.2. The zero-order valence-electron chi connectivity index (χ0n) is 22.1. The molecular weight excluding hydrogens is 474 g/mol. The number of rotatable bonds is 11. The molecule has 0 radical (unpaired) electrons. The van der Waals surface area contributed by atoms with Gasteiger partial charge in [-0.25, -0.2) is 4.98 Å². The fraction of sp³-hybridized carbons (Fsp3) is 0.552. The second-order valence-corrected chi connectivity index (χ2v) is 9.47. The summed E-state index contributed by atoms with van der Waals surface area (Å²) in [6.45, 7) is 4.51. The van der Waals surface area contributed by atoms with Crippen LogP contribution in [0.15, 0.2) is 42.6 Å². The van der Waals surface area contributed by atoms with Crippen molar-refractivity contribution in [1.82, 2.24) is 4.98 Å². The number of aromatic nitrogens is 1. The van der Waals surface area contributed by atoms with Gasteiger partial charge in [0.2, 0.25) is 0 Å². The number of aromatic hydroxyl groups is 1. The van der Waals surface area contributed by atoms with Gasteiger partial charge in [-0.3, -0.25) is 9.59 Å². The van der Waals surface area contributed by atoms with Crippen molar-refractivity contribution in [3.05, 3.63) is 48.3 Å². The fourth-order valence-electron chi connectivity index (χ4n) is 4.59. The van der Waals surface area contributed by atoms with Crippen molar-refractivity contribution in [2.45, 2.75) is 83.5 Å². The molecule has 1 aromatic heterocycles. The highest BCUT2D eigenvalue weighted by molar-refractivity contribution is 5.99. The van der Waals surface area contributed by atoms with Crippen LogP contribution in [0.2, 0.25) is 0 Å². The number of benzene rings is 1. The number of carbonyl (C=O) groups excluding carboxylic acids is 2. The highest BCUT2D eigenvalue weighted by Crippen LogP contribution is 2.31. The number of methoxy groups -OCH3 is 1. The van der Waals surface area contributed by atoms with Gasteiger partial charge in [-0.15, -0.1) is 0 Å². The number of esters is 1. The van der Waals surface area contributed by atoms with E-state index in [1.807, 2.05) is 37.3 Å². The van der Waals surface area contributed by atoms with Crippen LogP contribution < -0.4 is 9.47 Å². The maximum absolute atomic E-state index is 13.2. The maximum Gasteiger partial charge on any atom is 0.309 e. The standard InChI is InChI=1S/C29H39NO7/c1-4-5-11-18-35-28-20(2)36-29(33)21(19-23(31)26-27(32)24(34-3)16-17-30-26)12-9-10-15-25(28)37-22-13-7-6-8-14-22/h6-8,13-14,16-17,20-21,25,28,32H,4-5,9-12,15,18-19H2,1-3H3/t20-,21+,25-,28-/m0/s1. The zero-order valence-corrected chi connectivity index (χ0v) is 22.1. The van der Waals surface area contributed by atoms with Crippen molar-refractivity contribution in [3.8, 4) is 17.2 Å². The molecule has 8 nitrogen and oxygen atoms in total. The van der Waals surface area contributed by atoms with Crippen LogP contribution in [-0.4, -0.2) is 53.9 Å². The molecule has 4 atom stereocenters. The lowest BCUT2D eigenvalue weighted by atomic mass is 9.92. The van der Waals surface area contributed by atoms with Gasteiger partial charge >= 0.3 is 5.97 Å². The van der Waals surface area contributed by atoms with Gasteiger partial charge in [0.15, 0.2) is 23.0 Å². The SMILES string of the molecule is CCCCCO[C@H]1[C@H](C)OC(=O)[C@@H](CC(=O)c2nccc(OC)c2O)CCCC[C@@H]1Oc1ccccc1. The van der Waals surface area contributed by atoms with Gasteiger partial charge in [-0.05, 0) is 44.7 Å². The molecule has 0 amide bonds. The Kier molecular flexibility index (Phi) is 11.2. The Labute approximate surface area is 219 Å². The second kappa shape index (κ2) is 14.6. The summed E-state index contributed by atoms with van der Waals surface area (Å²) in [7, 11) is 1.40. The zero-order chi connectivity index (χ0) is 26.6. The Bertz CT molecular complexity index is 997. The molecule has 0 bridgehead atoms. The highest BCUT2D eigenvalue weighted by atomic mass is 16.6. The Hall–Kier alpha value is -3.13. The number of carbonyl (C=O) groups is 2. The van der Waals surface area contributed by atoms with E-state index in [4.69, 9.17) is 18.9 Å². The summed E-state index contributed by atoms with van der Waals surface area (Å²) in [5, 5.41) is 10.3. The number of unbranched alkanes of at least 4 members (excludes halogenated alkanes) is 2. The highest BCUT2D eigenvalue weighted by Gasteiger charge is 2.35. The summed E-state index contributed by atoms with van der Waals surface area (Å²) < 4.78 is 23.6. The molecule has 1 saturated heterocycles. The van der Waals surface area contributed by atoms with Crippen molar-refractivity contribution in [2.24, 2.45) is 5.92 Å². The summed E-state index contributed by atoms with van der Waals surface area (Å²) in [6.07, 6.45) is 5.80. The summed E-state index contributed by atoms with van der Waals surface area (Å²) in [6, 6.07) is 11.1.